The third-order valence-corrected chi connectivity index (χ3v) is 4.29. The summed E-state index contributed by atoms with van der Waals surface area (Å²) in [5.41, 5.74) is 1.50. The number of hydrogen-bond acceptors (Lipinski definition) is 6. The number of rotatable bonds is 8. The molecule has 0 aromatic heterocycles. The highest BCUT2D eigenvalue weighted by atomic mass is 32.2. The van der Waals surface area contributed by atoms with E-state index in [2.05, 4.69) is 10.1 Å². The molecule has 1 aromatic rings. The third kappa shape index (κ3) is 5.73. The molecule has 0 heterocycles. The van der Waals surface area contributed by atoms with Crippen LogP contribution in [0, 0.1) is 0 Å². The van der Waals surface area contributed by atoms with Gasteiger partial charge >= 0.3 is 5.97 Å². The summed E-state index contributed by atoms with van der Waals surface area (Å²) < 4.78 is 33.6. The summed E-state index contributed by atoms with van der Waals surface area (Å²) in [5.74, 6) is -1.17. The van der Waals surface area contributed by atoms with E-state index < -0.39 is 21.6 Å². The van der Waals surface area contributed by atoms with Crippen molar-refractivity contribution in [3.8, 4) is 5.75 Å². The number of hydrogen-bond donors (Lipinski definition) is 1. The molecule has 0 aliphatic carbocycles. The maximum absolute atomic E-state index is 12.0. The Morgan fingerprint density at radius 1 is 1.29 bits per heavy atom. The minimum Gasteiger partial charge on any atom is -0.496 e. The van der Waals surface area contributed by atoms with Crippen LogP contribution in [-0.2, 0) is 31.7 Å². The van der Waals surface area contributed by atoms with Crippen molar-refractivity contribution >= 4 is 15.8 Å². The molecule has 1 rings (SSSR count). The fourth-order valence-corrected chi connectivity index (χ4v) is 3.13. The van der Waals surface area contributed by atoms with Gasteiger partial charge in [-0.1, -0.05) is 13.0 Å². The Hall–Kier alpha value is -1.60. The van der Waals surface area contributed by atoms with Crippen LogP contribution in [-0.4, -0.2) is 40.9 Å². The summed E-state index contributed by atoms with van der Waals surface area (Å²) in [6, 6.07) is 5.38. The van der Waals surface area contributed by atoms with E-state index in [9.17, 15) is 13.2 Å². The maximum Gasteiger partial charge on any atom is 0.320 e. The molecule has 0 saturated carbocycles. The SMILES string of the molecule is CCNCc1ccc(OC)c(CS(=O)(=O)CC(=O)OC)c1. The van der Waals surface area contributed by atoms with Gasteiger partial charge in [0.1, 0.15) is 11.5 Å². The van der Waals surface area contributed by atoms with Gasteiger partial charge in [0.15, 0.2) is 9.84 Å². The Morgan fingerprint density at radius 2 is 2.00 bits per heavy atom. The summed E-state index contributed by atoms with van der Waals surface area (Å²) in [6.45, 7) is 3.46. The van der Waals surface area contributed by atoms with Gasteiger partial charge in [-0.2, -0.15) is 0 Å². The number of sulfone groups is 1. The van der Waals surface area contributed by atoms with E-state index in [1.54, 1.807) is 12.1 Å². The molecule has 0 amide bonds. The smallest absolute Gasteiger partial charge is 0.320 e. The number of benzene rings is 1. The Bertz CT molecular complexity index is 583. The zero-order chi connectivity index (χ0) is 15.9. The van der Waals surface area contributed by atoms with Crippen LogP contribution in [0.25, 0.3) is 0 Å². The van der Waals surface area contributed by atoms with Crippen molar-refractivity contribution in [1.82, 2.24) is 5.32 Å². The molecule has 0 spiro atoms. The van der Waals surface area contributed by atoms with Crippen LogP contribution in [0.4, 0.5) is 0 Å². The standard InChI is InChI=1S/C14H21NO5S/c1-4-15-8-11-5-6-13(19-2)12(7-11)9-21(17,18)10-14(16)20-3/h5-7,15H,4,8-10H2,1-3H3. The van der Waals surface area contributed by atoms with E-state index in [0.717, 1.165) is 19.2 Å². The van der Waals surface area contributed by atoms with Crippen molar-refractivity contribution in [3.63, 3.8) is 0 Å². The largest absolute Gasteiger partial charge is 0.496 e. The van der Waals surface area contributed by atoms with Gasteiger partial charge in [-0.25, -0.2) is 8.42 Å². The molecular formula is C14H21NO5S. The number of carbonyl (C=O) groups is 1. The first-order valence-electron chi connectivity index (χ1n) is 6.55. The molecule has 0 atom stereocenters. The second kappa shape index (κ2) is 7.99. The Kier molecular flexibility index (Phi) is 6.64. The normalized spacial score (nSPS) is 11.2. The molecule has 0 radical (unpaired) electrons. The van der Waals surface area contributed by atoms with Gasteiger partial charge in [0, 0.05) is 12.1 Å². The average molecular weight is 315 g/mol. The van der Waals surface area contributed by atoms with Crippen LogP contribution in [0.2, 0.25) is 0 Å². The van der Waals surface area contributed by atoms with Gasteiger partial charge in [0.25, 0.3) is 0 Å². The molecule has 1 N–H and O–H groups in total. The lowest BCUT2D eigenvalue weighted by molar-refractivity contribution is -0.137. The highest BCUT2D eigenvalue weighted by molar-refractivity contribution is 7.91. The van der Waals surface area contributed by atoms with Crippen molar-refractivity contribution in [1.29, 1.82) is 0 Å². The summed E-state index contributed by atoms with van der Waals surface area (Å²) >= 11 is 0. The molecule has 118 valence electrons. The first-order valence-corrected chi connectivity index (χ1v) is 8.37. The van der Waals surface area contributed by atoms with Crippen LogP contribution in [0.5, 0.6) is 5.75 Å². The molecule has 0 aliphatic rings. The van der Waals surface area contributed by atoms with Gasteiger partial charge in [-0.3, -0.25) is 4.79 Å². The van der Waals surface area contributed by atoms with Gasteiger partial charge in [-0.05, 0) is 24.2 Å². The molecule has 0 aliphatic heterocycles. The van der Waals surface area contributed by atoms with Crippen molar-refractivity contribution in [2.24, 2.45) is 0 Å². The lowest BCUT2D eigenvalue weighted by Crippen LogP contribution is -2.19. The lowest BCUT2D eigenvalue weighted by atomic mass is 10.1. The number of esters is 1. The van der Waals surface area contributed by atoms with E-state index in [-0.39, 0.29) is 5.75 Å². The summed E-state index contributed by atoms with van der Waals surface area (Å²) in [4.78, 5) is 11.1. The predicted molar refractivity (Wildman–Crippen MR) is 79.9 cm³/mol. The van der Waals surface area contributed by atoms with E-state index in [4.69, 9.17) is 4.74 Å². The van der Waals surface area contributed by atoms with Crippen LogP contribution in [0.15, 0.2) is 18.2 Å². The number of carbonyl (C=O) groups excluding carboxylic acids is 1. The molecular weight excluding hydrogens is 294 g/mol. The summed E-state index contributed by atoms with van der Waals surface area (Å²) in [7, 11) is -0.947. The van der Waals surface area contributed by atoms with Crippen LogP contribution >= 0.6 is 0 Å². The maximum atomic E-state index is 12.0. The first-order chi connectivity index (χ1) is 9.91. The van der Waals surface area contributed by atoms with Crippen LogP contribution in [0.3, 0.4) is 0 Å². The fraction of sp³-hybridized carbons (Fsp3) is 0.500. The van der Waals surface area contributed by atoms with E-state index in [1.807, 2.05) is 13.0 Å². The molecule has 6 nitrogen and oxygen atoms in total. The number of methoxy groups -OCH3 is 2. The van der Waals surface area contributed by atoms with Crippen molar-refractivity contribution in [3.05, 3.63) is 29.3 Å². The molecule has 0 saturated heterocycles. The minimum atomic E-state index is -3.59. The highest BCUT2D eigenvalue weighted by Gasteiger charge is 2.20. The molecule has 21 heavy (non-hydrogen) atoms. The zero-order valence-corrected chi connectivity index (χ0v) is 13.3. The van der Waals surface area contributed by atoms with Crippen molar-refractivity contribution in [2.75, 3.05) is 26.5 Å². The lowest BCUT2D eigenvalue weighted by Gasteiger charge is -2.11. The molecule has 1 aromatic carbocycles. The van der Waals surface area contributed by atoms with Crippen LogP contribution in [0.1, 0.15) is 18.1 Å². The molecule has 0 fully saturated rings. The van der Waals surface area contributed by atoms with Crippen molar-refractivity contribution in [2.45, 2.75) is 19.2 Å². The summed E-state index contributed by atoms with van der Waals surface area (Å²) in [6.07, 6.45) is 0. The molecule has 0 bridgehead atoms. The van der Waals surface area contributed by atoms with E-state index in [1.165, 1.54) is 7.11 Å². The van der Waals surface area contributed by atoms with Gasteiger partial charge in [0.05, 0.1) is 20.0 Å². The topological polar surface area (TPSA) is 81.7 Å². The third-order valence-electron chi connectivity index (χ3n) is 2.86. The van der Waals surface area contributed by atoms with Gasteiger partial charge in [-0.15, -0.1) is 0 Å². The fourth-order valence-electron chi connectivity index (χ4n) is 1.85. The average Bonchev–Trinajstić information content (AvgIpc) is 2.44. The molecule has 7 heteroatoms. The van der Waals surface area contributed by atoms with Gasteiger partial charge < -0.3 is 14.8 Å². The van der Waals surface area contributed by atoms with E-state index in [0.29, 0.717) is 17.9 Å². The van der Waals surface area contributed by atoms with E-state index >= 15 is 0 Å². The Morgan fingerprint density at radius 3 is 2.57 bits per heavy atom. The number of nitrogens with one attached hydrogen (secondary N) is 1. The van der Waals surface area contributed by atoms with Crippen LogP contribution < -0.4 is 10.1 Å². The second-order valence-electron chi connectivity index (χ2n) is 4.53. The monoisotopic (exact) mass is 315 g/mol. The quantitative estimate of drug-likeness (QED) is 0.718. The van der Waals surface area contributed by atoms with Gasteiger partial charge in [0.2, 0.25) is 0 Å². The second-order valence-corrected chi connectivity index (χ2v) is 6.60. The number of ether oxygens (including phenoxy) is 2. The summed E-state index contributed by atoms with van der Waals surface area (Å²) in [5, 5.41) is 3.17. The zero-order valence-electron chi connectivity index (χ0n) is 12.5. The highest BCUT2D eigenvalue weighted by Crippen LogP contribution is 2.22. The molecule has 0 unspecified atom stereocenters. The minimum absolute atomic E-state index is 0.259. The van der Waals surface area contributed by atoms with Crippen molar-refractivity contribution < 1.29 is 22.7 Å². The predicted octanol–water partition coefficient (Wildman–Crippen LogP) is 0.892. The Balaban J connectivity index is 2.96. The Labute approximate surface area is 125 Å². The first kappa shape index (κ1) is 17.5.